The van der Waals surface area contributed by atoms with Crippen LogP contribution in [0.4, 0.5) is 0 Å². The van der Waals surface area contributed by atoms with Crippen LogP contribution in [0.15, 0.2) is 0 Å². The average molecular weight is 228 g/mol. The van der Waals surface area contributed by atoms with Crippen molar-refractivity contribution < 1.29 is 0 Å². The van der Waals surface area contributed by atoms with Gasteiger partial charge in [-0.3, -0.25) is 4.90 Å². The zero-order valence-electron chi connectivity index (χ0n) is 10.0. The van der Waals surface area contributed by atoms with Crippen LogP contribution in [0.3, 0.4) is 0 Å². The van der Waals surface area contributed by atoms with E-state index in [9.17, 15) is 0 Å². The molecule has 2 nitrogen and oxygen atoms in total. The third-order valence-corrected chi connectivity index (χ3v) is 4.25. The van der Waals surface area contributed by atoms with E-state index >= 15 is 0 Å². The SMILES string of the molecule is CC(C)CN(CC1CSCCN1)C1CC1. The number of rotatable bonds is 5. The lowest BCUT2D eigenvalue weighted by Crippen LogP contribution is -2.47. The lowest BCUT2D eigenvalue weighted by Gasteiger charge is -2.31. The van der Waals surface area contributed by atoms with Gasteiger partial charge in [0, 0.05) is 43.2 Å². The maximum Gasteiger partial charge on any atom is 0.0286 e. The van der Waals surface area contributed by atoms with Gasteiger partial charge in [0.05, 0.1) is 0 Å². The largest absolute Gasteiger partial charge is 0.311 e. The molecule has 1 N–H and O–H groups in total. The van der Waals surface area contributed by atoms with Gasteiger partial charge >= 0.3 is 0 Å². The Labute approximate surface area is 98.2 Å². The molecule has 0 aromatic heterocycles. The van der Waals surface area contributed by atoms with E-state index in [4.69, 9.17) is 0 Å². The van der Waals surface area contributed by atoms with Crippen LogP contribution < -0.4 is 5.32 Å². The lowest BCUT2D eigenvalue weighted by molar-refractivity contribution is 0.214. The first-order chi connectivity index (χ1) is 7.25. The zero-order valence-corrected chi connectivity index (χ0v) is 10.9. The summed E-state index contributed by atoms with van der Waals surface area (Å²) in [5.41, 5.74) is 0. The fraction of sp³-hybridized carbons (Fsp3) is 1.00. The highest BCUT2D eigenvalue weighted by Gasteiger charge is 2.31. The van der Waals surface area contributed by atoms with Crippen LogP contribution in [0.2, 0.25) is 0 Å². The number of hydrogen-bond donors (Lipinski definition) is 1. The number of hydrogen-bond acceptors (Lipinski definition) is 3. The van der Waals surface area contributed by atoms with E-state index in [1.165, 1.54) is 44.0 Å². The summed E-state index contributed by atoms with van der Waals surface area (Å²) in [5, 5.41) is 3.64. The molecule has 2 fully saturated rings. The first kappa shape index (κ1) is 11.7. The van der Waals surface area contributed by atoms with Crippen molar-refractivity contribution in [3.05, 3.63) is 0 Å². The Kier molecular flexibility index (Phi) is 4.35. The van der Waals surface area contributed by atoms with E-state index in [1.54, 1.807) is 0 Å². The molecule has 0 aromatic rings. The third kappa shape index (κ3) is 3.97. The summed E-state index contributed by atoms with van der Waals surface area (Å²) in [7, 11) is 0. The topological polar surface area (TPSA) is 15.3 Å². The van der Waals surface area contributed by atoms with Crippen molar-refractivity contribution in [1.29, 1.82) is 0 Å². The second kappa shape index (κ2) is 5.55. The van der Waals surface area contributed by atoms with Crippen LogP contribution in [-0.4, -0.2) is 48.1 Å². The van der Waals surface area contributed by atoms with Gasteiger partial charge in [-0.15, -0.1) is 0 Å². The maximum atomic E-state index is 3.64. The maximum absolute atomic E-state index is 3.64. The minimum absolute atomic E-state index is 0.739. The molecule has 1 aliphatic heterocycles. The minimum atomic E-state index is 0.739. The molecule has 1 unspecified atom stereocenters. The van der Waals surface area contributed by atoms with Gasteiger partial charge in [-0.25, -0.2) is 0 Å². The van der Waals surface area contributed by atoms with Gasteiger partial charge < -0.3 is 5.32 Å². The molecule has 1 saturated heterocycles. The molecule has 1 atom stereocenters. The summed E-state index contributed by atoms with van der Waals surface area (Å²) >= 11 is 2.11. The van der Waals surface area contributed by atoms with Gasteiger partial charge in [-0.2, -0.15) is 11.8 Å². The molecule has 88 valence electrons. The monoisotopic (exact) mass is 228 g/mol. The number of nitrogens with one attached hydrogen (secondary N) is 1. The van der Waals surface area contributed by atoms with Gasteiger partial charge in [0.25, 0.3) is 0 Å². The lowest BCUT2D eigenvalue weighted by atomic mass is 10.2. The molecule has 0 amide bonds. The quantitative estimate of drug-likeness (QED) is 0.772. The zero-order chi connectivity index (χ0) is 10.7. The smallest absolute Gasteiger partial charge is 0.0286 e. The molecule has 3 heteroatoms. The van der Waals surface area contributed by atoms with Crippen LogP contribution in [0.25, 0.3) is 0 Å². The molecule has 15 heavy (non-hydrogen) atoms. The van der Waals surface area contributed by atoms with Crippen molar-refractivity contribution in [1.82, 2.24) is 10.2 Å². The predicted molar refractivity (Wildman–Crippen MR) is 68.5 cm³/mol. The number of thioether (sulfide) groups is 1. The van der Waals surface area contributed by atoms with Crippen LogP contribution in [-0.2, 0) is 0 Å². The summed E-state index contributed by atoms with van der Waals surface area (Å²) in [5.74, 6) is 3.41. The highest BCUT2D eigenvalue weighted by Crippen LogP contribution is 2.28. The van der Waals surface area contributed by atoms with Gasteiger partial charge in [0.2, 0.25) is 0 Å². The van der Waals surface area contributed by atoms with Gasteiger partial charge in [-0.05, 0) is 18.8 Å². The molecule has 2 aliphatic rings. The molecule has 2 rings (SSSR count). The molecule has 0 spiro atoms. The van der Waals surface area contributed by atoms with Crippen LogP contribution >= 0.6 is 11.8 Å². The molecule has 1 aliphatic carbocycles. The Morgan fingerprint density at radius 2 is 2.20 bits per heavy atom. The minimum Gasteiger partial charge on any atom is -0.311 e. The van der Waals surface area contributed by atoms with E-state index < -0.39 is 0 Å². The first-order valence-electron chi connectivity index (χ1n) is 6.31. The molecular weight excluding hydrogens is 204 g/mol. The van der Waals surface area contributed by atoms with E-state index in [-0.39, 0.29) is 0 Å². The van der Waals surface area contributed by atoms with E-state index in [0.717, 1.165) is 18.0 Å². The van der Waals surface area contributed by atoms with Crippen LogP contribution in [0, 0.1) is 5.92 Å². The second-order valence-corrected chi connectivity index (χ2v) is 6.45. The van der Waals surface area contributed by atoms with Crippen molar-refractivity contribution in [2.45, 2.75) is 38.8 Å². The Morgan fingerprint density at radius 3 is 2.73 bits per heavy atom. The Bertz CT molecular complexity index is 186. The van der Waals surface area contributed by atoms with Gasteiger partial charge in [0.1, 0.15) is 0 Å². The Hall–Kier alpha value is 0.270. The summed E-state index contributed by atoms with van der Waals surface area (Å²) in [6.45, 7) is 8.43. The summed E-state index contributed by atoms with van der Waals surface area (Å²) in [4.78, 5) is 2.72. The van der Waals surface area contributed by atoms with Crippen molar-refractivity contribution in [2.24, 2.45) is 5.92 Å². The molecular formula is C12H24N2S. The molecule has 0 bridgehead atoms. The fourth-order valence-corrected chi connectivity index (χ4v) is 3.24. The Morgan fingerprint density at radius 1 is 1.40 bits per heavy atom. The van der Waals surface area contributed by atoms with E-state index in [2.05, 4.69) is 35.8 Å². The highest BCUT2D eigenvalue weighted by molar-refractivity contribution is 7.99. The van der Waals surface area contributed by atoms with E-state index in [0.29, 0.717) is 0 Å². The summed E-state index contributed by atoms with van der Waals surface area (Å²) < 4.78 is 0. The summed E-state index contributed by atoms with van der Waals surface area (Å²) in [6, 6.07) is 1.66. The molecule has 1 saturated carbocycles. The van der Waals surface area contributed by atoms with Crippen LogP contribution in [0.1, 0.15) is 26.7 Å². The standard InChI is InChI=1S/C12H24N2S/c1-10(2)7-14(12-3-4-12)8-11-9-15-6-5-13-11/h10-13H,3-9H2,1-2H3. The molecule has 1 heterocycles. The predicted octanol–water partition coefficient (Wildman–Crippen LogP) is 1.81. The summed E-state index contributed by atoms with van der Waals surface area (Å²) in [6.07, 6.45) is 2.87. The van der Waals surface area contributed by atoms with Crippen molar-refractivity contribution in [3.63, 3.8) is 0 Å². The average Bonchev–Trinajstić information content (AvgIpc) is 3.01. The molecule has 0 aromatic carbocycles. The second-order valence-electron chi connectivity index (χ2n) is 5.30. The van der Waals surface area contributed by atoms with Gasteiger partial charge in [-0.1, -0.05) is 13.8 Å². The normalized spacial score (nSPS) is 27.6. The first-order valence-corrected chi connectivity index (χ1v) is 7.46. The fourth-order valence-electron chi connectivity index (χ4n) is 2.30. The Balaban J connectivity index is 1.77. The molecule has 0 radical (unpaired) electrons. The van der Waals surface area contributed by atoms with Gasteiger partial charge in [0.15, 0.2) is 0 Å². The van der Waals surface area contributed by atoms with E-state index in [1.807, 2.05) is 0 Å². The van der Waals surface area contributed by atoms with Crippen molar-refractivity contribution in [2.75, 3.05) is 31.1 Å². The number of nitrogens with zero attached hydrogens (tertiary/aromatic N) is 1. The van der Waals surface area contributed by atoms with Crippen LogP contribution in [0.5, 0.6) is 0 Å². The van der Waals surface area contributed by atoms with Crippen molar-refractivity contribution >= 4 is 11.8 Å². The third-order valence-electron chi connectivity index (χ3n) is 3.12. The van der Waals surface area contributed by atoms with Crippen molar-refractivity contribution in [3.8, 4) is 0 Å². The highest BCUT2D eigenvalue weighted by atomic mass is 32.2.